The predicted octanol–water partition coefficient (Wildman–Crippen LogP) is 4.34. The third-order valence-electron chi connectivity index (χ3n) is 5.50. The van der Waals surface area contributed by atoms with Crippen molar-refractivity contribution in [3.63, 3.8) is 0 Å². The van der Waals surface area contributed by atoms with Crippen molar-refractivity contribution in [2.75, 3.05) is 22.1 Å². The predicted molar refractivity (Wildman–Crippen MR) is 132 cm³/mol. The SMILES string of the molecule is O=C(Nc1ccccc1)Nc1cnn2ccc(N3CCC[C@@H]3c3cc(F)ccc3F)nc12.O=S(=O)(O)O. The molecule has 0 bridgehead atoms. The van der Waals surface area contributed by atoms with E-state index in [9.17, 15) is 13.6 Å². The molecule has 1 atom stereocenters. The Kier molecular flexibility index (Phi) is 7.61. The van der Waals surface area contributed by atoms with Gasteiger partial charge in [-0.3, -0.25) is 9.11 Å². The molecule has 0 unspecified atom stereocenters. The molecule has 1 aliphatic heterocycles. The van der Waals surface area contributed by atoms with Crippen molar-refractivity contribution in [3.8, 4) is 0 Å². The Morgan fingerprint density at radius 3 is 2.51 bits per heavy atom. The number of carbonyl (C=O) groups excluding carboxylic acids is 1. The number of aromatic nitrogens is 3. The number of hydrogen-bond acceptors (Lipinski definition) is 6. The molecule has 4 aromatic rings. The summed E-state index contributed by atoms with van der Waals surface area (Å²) in [5, 5.41) is 9.75. The van der Waals surface area contributed by atoms with E-state index in [1.807, 2.05) is 23.1 Å². The zero-order valence-corrected chi connectivity index (χ0v) is 19.9. The molecule has 1 saturated heterocycles. The number of nitrogens with one attached hydrogen (secondary N) is 2. The number of urea groups is 1. The minimum Gasteiger partial charge on any atom is -0.349 e. The number of halogens is 2. The van der Waals surface area contributed by atoms with E-state index in [1.54, 1.807) is 28.9 Å². The van der Waals surface area contributed by atoms with Crippen molar-refractivity contribution in [1.82, 2.24) is 14.6 Å². The molecule has 0 aliphatic carbocycles. The first kappa shape index (κ1) is 25.9. The molecule has 0 radical (unpaired) electrons. The Morgan fingerprint density at radius 2 is 1.78 bits per heavy atom. The van der Waals surface area contributed by atoms with E-state index in [-0.39, 0.29) is 6.04 Å². The number of benzene rings is 2. The van der Waals surface area contributed by atoms with Crippen molar-refractivity contribution in [1.29, 1.82) is 0 Å². The Labute approximate surface area is 210 Å². The molecule has 4 N–H and O–H groups in total. The summed E-state index contributed by atoms with van der Waals surface area (Å²) in [6.07, 6.45) is 4.77. The number of anilines is 3. The first-order chi connectivity index (χ1) is 17.6. The van der Waals surface area contributed by atoms with Crippen LogP contribution in [-0.2, 0) is 10.4 Å². The highest BCUT2D eigenvalue weighted by Gasteiger charge is 2.30. The highest BCUT2D eigenvalue weighted by molar-refractivity contribution is 7.79. The Hall–Kier alpha value is -4.14. The fourth-order valence-corrected chi connectivity index (χ4v) is 4.05. The second-order valence-electron chi connectivity index (χ2n) is 8.02. The van der Waals surface area contributed by atoms with Crippen LogP contribution in [-0.4, -0.2) is 44.7 Å². The number of para-hydroxylation sites is 1. The van der Waals surface area contributed by atoms with Gasteiger partial charge in [-0.05, 0) is 49.2 Å². The molecule has 1 fully saturated rings. The summed E-state index contributed by atoms with van der Waals surface area (Å²) in [7, 11) is -4.67. The smallest absolute Gasteiger partial charge is 0.349 e. The summed E-state index contributed by atoms with van der Waals surface area (Å²) in [6, 6.07) is 13.6. The molecule has 1 aliphatic rings. The molecular weight excluding hydrogens is 510 g/mol. The van der Waals surface area contributed by atoms with Crippen LogP contribution < -0.4 is 15.5 Å². The van der Waals surface area contributed by atoms with Crippen LogP contribution in [0.15, 0.2) is 67.0 Å². The Bertz CT molecular complexity index is 1510. The van der Waals surface area contributed by atoms with Crippen LogP contribution in [0.5, 0.6) is 0 Å². The maximum atomic E-state index is 14.4. The van der Waals surface area contributed by atoms with Gasteiger partial charge < -0.3 is 15.5 Å². The molecule has 3 heterocycles. The van der Waals surface area contributed by atoms with E-state index in [1.165, 1.54) is 12.3 Å². The van der Waals surface area contributed by atoms with E-state index in [0.29, 0.717) is 41.4 Å². The molecule has 2 aromatic carbocycles. The summed E-state index contributed by atoms with van der Waals surface area (Å²) >= 11 is 0. The Balaban J connectivity index is 0.000000586. The summed E-state index contributed by atoms with van der Waals surface area (Å²) < 4.78 is 61.3. The largest absolute Gasteiger partial charge is 0.394 e. The van der Waals surface area contributed by atoms with Crippen molar-refractivity contribution < 1.29 is 31.1 Å². The molecule has 194 valence electrons. The van der Waals surface area contributed by atoms with Crippen LogP contribution in [0.3, 0.4) is 0 Å². The number of hydrogen-bond donors (Lipinski definition) is 4. The van der Waals surface area contributed by atoms with Gasteiger partial charge in [-0.25, -0.2) is 23.1 Å². The molecule has 11 nitrogen and oxygen atoms in total. The van der Waals surface area contributed by atoms with Gasteiger partial charge in [0.15, 0.2) is 5.65 Å². The lowest BCUT2D eigenvalue weighted by molar-refractivity contribution is 0.262. The summed E-state index contributed by atoms with van der Waals surface area (Å²) in [5.41, 5.74) is 1.87. The minimum atomic E-state index is -4.67. The second-order valence-corrected chi connectivity index (χ2v) is 8.92. The summed E-state index contributed by atoms with van der Waals surface area (Å²) in [6.45, 7) is 0.662. The lowest BCUT2D eigenvalue weighted by Crippen LogP contribution is -2.25. The highest BCUT2D eigenvalue weighted by atomic mass is 32.3. The minimum absolute atomic E-state index is 0.318. The van der Waals surface area contributed by atoms with Gasteiger partial charge in [0.1, 0.15) is 23.1 Å². The standard InChI is InChI=1S/C23H20F2N6O.H2O4S/c24-15-8-9-18(25)17(13-15)20-7-4-11-30(20)21-10-12-31-22(29-21)19(14-26-31)28-23(32)27-16-5-2-1-3-6-16;1-5(2,3)4/h1-3,5-6,8-10,12-14,20H,4,7,11H2,(H2,27,28,32);(H2,1,2,3,4)/t20-;/m1./s1. The molecule has 5 rings (SSSR count). The van der Waals surface area contributed by atoms with E-state index in [4.69, 9.17) is 17.5 Å². The van der Waals surface area contributed by atoms with Crippen molar-refractivity contribution in [3.05, 3.63) is 84.2 Å². The highest BCUT2D eigenvalue weighted by Crippen LogP contribution is 2.37. The average Bonchev–Trinajstić information content (AvgIpc) is 3.47. The van der Waals surface area contributed by atoms with Crippen LogP contribution in [0.1, 0.15) is 24.4 Å². The van der Waals surface area contributed by atoms with Crippen LogP contribution in [0.25, 0.3) is 5.65 Å². The van der Waals surface area contributed by atoms with Crippen molar-refractivity contribution in [2.45, 2.75) is 18.9 Å². The van der Waals surface area contributed by atoms with Gasteiger partial charge in [0.25, 0.3) is 0 Å². The number of fused-ring (bicyclic) bond motifs is 1. The first-order valence-electron chi connectivity index (χ1n) is 11.0. The molecule has 2 amide bonds. The van der Waals surface area contributed by atoms with Crippen molar-refractivity contribution in [2.24, 2.45) is 0 Å². The van der Waals surface area contributed by atoms with Gasteiger partial charge in [0.05, 0.1) is 12.2 Å². The van der Waals surface area contributed by atoms with Crippen molar-refractivity contribution >= 4 is 39.3 Å². The quantitative estimate of drug-likeness (QED) is 0.284. The molecule has 14 heteroatoms. The zero-order chi connectivity index (χ0) is 26.6. The topological polar surface area (TPSA) is 149 Å². The monoisotopic (exact) mass is 532 g/mol. The van der Waals surface area contributed by atoms with Gasteiger partial charge in [0.2, 0.25) is 0 Å². The molecular formula is C23H22F2N6O5S. The third kappa shape index (κ3) is 6.75. The van der Waals surface area contributed by atoms with Gasteiger partial charge in [-0.15, -0.1) is 0 Å². The maximum absolute atomic E-state index is 14.4. The van der Waals surface area contributed by atoms with E-state index >= 15 is 0 Å². The van der Waals surface area contributed by atoms with E-state index in [2.05, 4.69) is 20.7 Å². The molecule has 2 aromatic heterocycles. The van der Waals surface area contributed by atoms with E-state index in [0.717, 1.165) is 18.6 Å². The molecule has 37 heavy (non-hydrogen) atoms. The maximum Gasteiger partial charge on any atom is 0.394 e. The van der Waals surface area contributed by atoms with Crippen LogP contribution in [0, 0.1) is 11.6 Å². The molecule has 0 spiro atoms. The first-order valence-corrected chi connectivity index (χ1v) is 12.4. The lowest BCUT2D eigenvalue weighted by atomic mass is 10.0. The van der Waals surface area contributed by atoms with Crippen LogP contribution >= 0.6 is 0 Å². The number of rotatable bonds is 4. The number of amides is 2. The zero-order valence-electron chi connectivity index (χ0n) is 19.1. The second kappa shape index (κ2) is 10.9. The normalized spacial score (nSPS) is 15.2. The average molecular weight is 533 g/mol. The number of nitrogens with zero attached hydrogens (tertiary/aromatic N) is 4. The third-order valence-corrected chi connectivity index (χ3v) is 5.50. The van der Waals surface area contributed by atoms with Crippen LogP contribution in [0.2, 0.25) is 0 Å². The summed E-state index contributed by atoms with van der Waals surface area (Å²) in [4.78, 5) is 19.0. The fraction of sp³-hybridized carbons (Fsp3) is 0.174. The van der Waals surface area contributed by atoms with Crippen LogP contribution in [0.4, 0.5) is 30.8 Å². The lowest BCUT2D eigenvalue weighted by Gasteiger charge is -2.26. The molecule has 0 saturated carbocycles. The number of carbonyl (C=O) groups is 1. The Morgan fingerprint density at radius 1 is 1.05 bits per heavy atom. The summed E-state index contributed by atoms with van der Waals surface area (Å²) in [5.74, 6) is -0.298. The fourth-order valence-electron chi connectivity index (χ4n) is 4.05. The van der Waals surface area contributed by atoms with Gasteiger partial charge >= 0.3 is 16.4 Å². The van der Waals surface area contributed by atoms with Gasteiger partial charge in [-0.1, -0.05) is 18.2 Å². The van der Waals surface area contributed by atoms with Gasteiger partial charge in [0, 0.05) is 24.0 Å². The van der Waals surface area contributed by atoms with Gasteiger partial charge in [-0.2, -0.15) is 13.5 Å². The van der Waals surface area contributed by atoms with E-state index < -0.39 is 28.1 Å².